The van der Waals surface area contributed by atoms with Gasteiger partial charge in [-0.3, -0.25) is 4.79 Å². The first kappa shape index (κ1) is 20.1. The number of alkyl halides is 3. The fraction of sp³-hybridized carbons (Fsp3) is 0.444. The van der Waals surface area contributed by atoms with E-state index >= 15 is 0 Å². The van der Waals surface area contributed by atoms with Gasteiger partial charge in [0.15, 0.2) is 5.16 Å². The van der Waals surface area contributed by atoms with Crippen LogP contribution in [0.2, 0.25) is 5.02 Å². The molecule has 1 saturated carbocycles. The van der Waals surface area contributed by atoms with Gasteiger partial charge >= 0.3 is 6.18 Å². The highest BCUT2D eigenvalue weighted by Crippen LogP contribution is 2.34. The maximum atomic E-state index is 12.8. The molecule has 0 aliphatic heterocycles. The van der Waals surface area contributed by atoms with Crippen molar-refractivity contribution in [1.82, 2.24) is 9.55 Å². The van der Waals surface area contributed by atoms with Crippen LogP contribution in [0.5, 0.6) is 0 Å². The normalized spacial score (nSPS) is 15.7. The summed E-state index contributed by atoms with van der Waals surface area (Å²) in [6.45, 7) is 0. The Labute approximate surface area is 164 Å². The number of hydrogen-bond acceptors (Lipinski definition) is 3. The zero-order chi connectivity index (χ0) is 19.4. The number of benzene rings is 1. The monoisotopic (exact) mass is 417 g/mol. The predicted octanol–water partition coefficient (Wildman–Crippen LogP) is 5.79. The van der Waals surface area contributed by atoms with Crippen LogP contribution < -0.4 is 5.32 Å². The summed E-state index contributed by atoms with van der Waals surface area (Å²) in [7, 11) is 0. The summed E-state index contributed by atoms with van der Waals surface area (Å²) in [5.41, 5.74) is -0.907. The largest absolute Gasteiger partial charge is 0.416 e. The average molecular weight is 418 g/mol. The summed E-state index contributed by atoms with van der Waals surface area (Å²) in [5, 5.41) is 3.26. The summed E-state index contributed by atoms with van der Waals surface area (Å²) in [4.78, 5) is 16.5. The number of amides is 1. The lowest BCUT2D eigenvalue weighted by atomic mass is 9.95. The van der Waals surface area contributed by atoms with Crippen molar-refractivity contribution < 1.29 is 18.0 Å². The van der Waals surface area contributed by atoms with E-state index in [1.54, 1.807) is 6.20 Å². The molecular formula is C18H19ClF3N3OS. The molecule has 0 spiro atoms. The predicted molar refractivity (Wildman–Crippen MR) is 100 cm³/mol. The van der Waals surface area contributed by atoms with Crippen LogP contribution in [-0.2, 0) is 11.0 Å². The first-order valence-electron chi connectivity index (χ1n) is 8.67. The van der Waals surface area contributed by atoms with Crippen LogP contribution in [-0.4, -0.2) is 21.2 Å². The molecule has 4 nitrogen and oxygen atoms in total. The van der Waals surface area contributed by atoms with Gasteiger partial charge in [-0.05, 0) is 31.0 Å². The number of nitrogens with zero attached hydrogens (tertiary/aromatic N) is 2. The first-order valence-corrected chi connectivity index (χ1v) is 10.0. The highest BCUT2D eigenvalue weighted by molar-refractivity contribution is 7.99. The number of thioether (sulfide) groups is 1. The minimum Gasteiger partial charge on any atom is -0.324 e. The summed E-state index contributed by atoms with van der Waals surface area (Å²) in [5.74, 6) is -0.393. The molecule has 0 atom stereocenters. The Kier molecular flexibility index (Phi) is 6.37. The zero-order valence-electron chi connectivity index (χ0n) is 14.4. The Bertz CT molecular complexity index is 803. The van der Waals surface area contributed by atoms with Gasteiger partial charge in [0.25, 0.3) is 0 Å². The first-order chi connectivity index (χ1) is 12.8. The lowest BCUT2D eigenvalue weighted by Crippen LogP contribution is -2.17. The Morgan fingerprint density at radius 1 is 1.30 bits per heavy atom. The van der Waals surface area contributed by atoms with Gasteiger partial charge in [0.1, 0.15) is 0 Å². The number of carbonyl (C=O) groups is 1. The van der Waals surface area contributed by atoms with Crippen molar-refractivity contribution in [1.29, 1.82) is 0 Å². The van der Waals surface area contributed by atoms with Crippen molar-refractivity contribution in [2.24, 2.45) is 0 Å². The minimum atomic E-state index is -4.50. The second-order valence-electron chi connectivity index (χ2n) is 6.44. The molecule has 1 aromatic carbocycles. The molecule has 1 N–H and O–H groups in total. The van der Waals surface area contributed by atoms with Crippen molar-refractivity contribution in [2.75, 3.05) is 11.1 Å². The zero-order valence-corrected chi connectivity index (χ0v) is 16.0. The number of nitrogens with one attached hydrogen (secondary N) is 1. The molecule has 1 fully saturated rings. The molecule has 1 aliphatic rings. The molecule has 1 aromatic heterocycles. The summed E-state index contributed by atoms with van der Waals surface area (Å²) >= 11 is 7.18. The van der Waals surface area contributed by atoms with Gasteiger partial charge in [0.05, 0.1) is 22.0 Å². The quantitative estimate of drug-likeness (QED) is 0.626. The maximum absolute atomic E-state index is 12.8. The molecule has 146 valence electrons. The van der Waals surface area contributed by atoms with Gasteiger partial charge in [-0.2, -0.15) is 13.2 Å². The SMILES string of the molecule is O=C(CSc1nccn1C1CCCCC1)Nc1cc(C(F)(F)F)ccc1Cl. The molecule has 0 unspecified atom stereocenters. The van der Waals surface area contributed by atoms with Gasteiger partial charge in [0, 0.05) is 18.4 Å². The van der Waals surface area contributed by atoms with Crippen LogP contribution in [0, 0.1) is 0 Å². The lowest BCUT2D eigenvalue weighted by molar-refractivity contribution is -0.137. The van der Waals surface area contributed by atoms with Crippen LogP contribution in [0.25, 0.3) is 0 Å². The van der Waals surface area contributed by atoms with Crippen molar-refractivity contribution in [2.45, 2.75) is 49.5 Å². The van der Waals surface area contributed by atoms with Gasteiger partial charge in [-0.25, -0.2) is 4.98 Å². The summed E-state index contributed by atoms with van der Waals surface area (Å²) < 4.78 is 40.6. The smallest absolute Gasteiger partial charge is 0.324 e. The molecular weight excluding hydrogens is 399 g/mol. The molecule has 0 radical (unpaired) electrons. The number of rotatable bonds is 5. The highest BCUT2D eigenvalue weighted by atomic mass is 35.5. The number of hydrogen-bond donors (Lipinski definition) is 1. The average Bonchev–Trinajstić information content (AvgIpc) is 3.10. The Morgan fingerprint density at radius 2 is 2.04 bits per heavy atom. The van der Waals surface area contributed by atoms with Crippen LogP contribution in [0.1, 0.15) is 43.7 Å². The van der Waals surface area contributed by atoms with Crippen LogP contribution in [0.15, 0.2) is 35.7 Å². The fourth-order valence-corrected chi connectivity index (χ4v) is 4.15. The standard InChI is InChI=1S/C18H19ClF3N3OS/c19-14-7-6-12(18(20,21)22)10-15(14)24-16(26)11-27-17-23-8-9-25(17)13-4-2-1-3-5-13/h6-10,13H,1-5,11H2,(H,24,26). The number of carbonyl (C=O) groups excluding carboxylic acids is 1. The second kappa shape index (κ2) is 8.56. The van der Waals surface area contributed by atoms with Gasteiger partial charge in [0.2, 0.25) is 5.91 Å². The Hall–Kier alpha value is -1.67. The van der Waals surface area contributed by atoms with Crippen LogP contribution >= 0.6 is 23.4 Å². The van der Waals surface area contributed by atoms with Crippen molar-refractivity contribution >= 4 is 35.0 Å². The summed E-state index contributed by atoms with van der Waals surface area (Å²) in [6.07, 6.45) is 4.92. The molecule has 1 aliphatic carbocycles. The number of aromatic nitrogens is 2. The van der Waals surface area contributed by atoms with Crippen molar-refractivity contribution in [3.05, 3.63) is 41.2 Å². The van der Waals surface area contributed by atoms with E-state index in [4.69, 9.17) is 11.6 Å². The van der Waals surface area contributed by atoms with Gasteiger partial charge in [-0.15, -0.1) is 0 Å². The third kappa shape index (κ3) is 5.19. The minimum absolute atomic E-state index is 0.0380. The highest BCUT2D eigenvalue weighted by Gasteiger charge is 2.31. The van der Waals surface area contributed by atoms with Crippen LogP contribution in [0.4, 0.5) is 18.9 Å². The van der Waals surface area contributed by atoms with Gasteiger partial charge < -0.3 is 9.88 Å². The fourth-order valence-electron chi connectivity index (χ4n) is 3.16. The number of anilines is 1. The molecule has 0 saturated heterocycles. The molecule has 2 aromatic rings. The van der Waals surface area contributed by atoms with E-state index in [2.05, 4.69) is 14.9 Å². The second-order valence-corrected chi connectivity index (χ2v) is 7.79. The number of halogens is 4. The Balaban J connectivity index is 1.62. The molecule has 1 amide bonds. The molecule has 27 heavy (non-hydrogen) atoms. The topological polar surface area (TPSA) is 46.9 Å². The third-order valence-electron chi connectivity index (χ3n) is 4.50. The Morgan fingerprint density at radius 3 is 2.74 bits per heavy atom. The van der Waals surface area contributed by atoms with Gasteiger partial charge in [-0.1, -0.05) is 42.6 Å². The van der Waals surface area contributed by atoms with E-state index < -0.39 is 17.6 Å². The van der Waals surface area contributed by atoms with E-state index in [-0.39, 0.29) is 16.5 Å². The van der Waals surface area contributed by atoms with E-state index in [0.717, 1.165) is 36.2 Å². The maximum Gasteiger partial charge on any atom is 0.416 e. The molecule has 9 heteroatoms. The third-order valence-corrected chi connectivity index (χ3v) is 5.81. The number of imidazole rings is 1. The van der Waals surface area contributed by atoms with E-state index in [1.165, 1.54) is 31.0 Å². The van der Waals surface area contributed by atoms with Crippen LogP contribution in [0.3, 0.4) is 0 Å². The van der Waals surface area contributed by atoms with Crippen molar-refractivity contribution in [3.8, 4) is 0 Å². The van der Waals surface area contributed by atoms with Crippen molar-refractivity contribution in [3.63, 3.8) is 0 Å². The van der Waals surface area contributed by atoms with E-state index in [0.29, 0.717) is 6.04 Å². The summed E-state index contributed by atoms with van der Waals surface area (Å²) in [6, 6.07) is 3.24. The van der Waals surface area contributed by atoms with E-state index in [9.17, 15) is 18.0 Å². The molecule has 3 rings (SSSR count). The molecule has 0 bridgehead atoms. The molecule has 1 heterocycles. The van der Waals surface area contributed by atoms with E-state index in [1.807, 2.05) is 6.20 Å². The lowest BCUT2D eigenvalue weighted by Gasteiger charge is -2.24.